The molecule has 1 atom stereocenters. The number of hydrogen-bond acceptors (Lipinski definition) is 3. The molecular formula is C4H12O4Si. The molecule has 0 fully saturated rings. The van der Waals surface area contributed by atoms with Crippen molar-refractivity contribution in [1.82, 2.24) is 0 Å². The number of hydrogen-bond donors (Lipinski definition) is 3. The van der Waals surface area contributed by atoms with E-state index in [0.717, 1.165) is 0 Å². The van der Waals surface area contributed by atoms with Gasteiger partial charge in [0.15, 0.2) is 9.76 Å². The molecule has 0 rings (SSSR count). The zero-order valence-electron chi connectivity index (χ0n) is 5.53. The molecular weight excluding hydrogens is 140 g/mol. The number of carboxylic acids is 1. The van der Waals surface area contributed by atoms with Gasteiger partial charge in [-0.1, -0.05) is 6.55 Å². The summed E-state index contributed by atoms with van der Waals surface area (Å²) < 4.78 is 0. The molecule has 0 radical (unpaired) electrons. The van der Waals surface area contributed by atoms with Crippen molar-refractivity contribution in [2.45, 2.75) is 19.6 Å². The van der Waals surface area contributed by atoms with E-state index in [-0.39, 0.29) is 0 Å². The second kappa shape index (κ2) is 7.61. The SMILES string of the molecule is CC(O)C(=O)O.C[SiH2]O. The highest BCUT2D eigenvalue weighted by atomic mass is 28.2. The summed E-state index contributed by atoms with van der Waals surface area (Å²) in [5, 5.41) is 15.8. The number of rotatable bonds is 1. The van der Waals surface area contributed by atoms with Gasteiger partial charge in [0.05, 0.1) is 0 Å². The maximum absolute atomic E-state index is 9.45. The first kappa shape index (κ1) is 11.4. The zero-order valence-corrected chi connectivity index (χ0v) is 6.95. The van der Waals surface area contributed by atoms with Gasteiger partial charge in [-0.3, -0.25) is 0 Å². The molecule has 0 saturated carbocycles. The third-order valence-electron chi connectivity index (χ3n) is 0.357. The van der Waals surface area contributed by atoms with Gasteiger partial charge in [0.2, 0.25) is 0 Å². The minimum Gasteiger partial charge on any atom is -0.479 e. The molecule has 0 heterocycles. The highest BCUT2D eigenvalue weighted by Gasteiger charge is 2.01. The minimum atomic E-state index is -1.23. The van der Waals surface area contributed by atoms with Crippen molar-refractivity contribution in [3.8, 4) is 0 Å². The number of carboxylic acid groups (broad SMARTS) is 1. The van der Waals surface area contributed by atoms with Crippen molar-refractivity contribution in [3.63, 3.8) is 0 Å². The van der Waals surface area contributed by atoms with Gasteiger partial charge in [0.25, 0.3) is 0 Å². The molecule has 0 aliphatic heterocycles. The van der Waals surface area contributed by atoms with Crippen molar-refractivity contribution in [2.24, 2.45) is 0 Å². The van der Waals surface area contributed by atoms with Crippen LogP contribution in [0.5, 0.6) is 0 Å². The molecule has 9 heavy (non-hydrogen) atoms. The first-order valence-electron chi connectivity index (χ1n) is 2.58. The van der Waals surface area contributed by atoms with Crippen LogP contribution in [-0.2, 0) is 4.79 Å². The van der Waals surface area contributed by atoms with Crippen molar-refractivity contribution < 1.29 is 19.8 Å². The smallest absolute Gasteiger partial charge is 0.332 e. The Balaban J connectivity index is 0. The maximum atomic E-state index is 9.45. The van der Waals surface area contributed by atoms with Crippen molar-refractivity contribution in [1.29, 1.82) is 0 Å². The quantitative estimate of drug-likeness (QED) is 0.402. The average Bonchev–Trinajstić information content (AvgIpc) is 1.68. The average molecular weight is 152 g/mol. The second-order valence-electron chi connectivity index (χ2n) is 1.33. The Hall–Kier alpha value is -0.393. The summed E-state index contributed by atoms with van der Waals surface area (Å²) in [5.74, 6) is -1.19. The van der Waals surface area contributed by atoms with Gasteiger partial charge in [0.1, 0.15) is 6.10 Å². The van der Waals surface area contributed by atoms with Gasteiger partial charge >= 0.3 is 5.97 Å². The normalized spacial score (nSPS) is 12.4. The van der Waals surface area contributed by atoms with E-state index in [0.29, 0.717) is 0 Å². The fraction of sp³-hybridized carbons (Fsp3) is 0.750. The van der Waals surface area contributed by atoms with Gasteiger partial charge in [-0.25, -0.2) is 4.79 Å². The molecule has 0 aliphatic rings. The maximum Gasteiger partial charge on any atom is 0.332 e. The van der Waals surface area contributed by atoms with Crippen LogP contribution in [0.15, 0.2) is 0 Å². The van der Waals surface area contributed by atoms with E-state index in [2.05, 4.69) is 0 Å². The number of carbonyl (C=O) groups is 1. The van der Waals surface area contributed by atoms with Crippen molar-refractivity contribution in [2.75, 3.05) is 0 Å². The minimum absolute atomic E-state index is 0.583. The summed E-state index contributed by atoms with van der Waals surface area (Å²) in [7, 11) is -0.583. The molecule has 1 unspecified atom stereocenters. The molecule has 0 aromatic carbocycles. The first-order chi connectivity index (χ1) is 4.06. The first-order valence-corrected chi connectivity index (χ1v) is 4.62. The Morgan fingerprint density at radius 3 is 1.78 bits per heavy atom. The van der Waals surface area contributed by atoms with E-state index >= 15 is 0 Å². The third-order valence-corrected chi connectivity index (χ3v) is 0.357. The number of aliphatic carboxylic acids is 1. The van der Waals surface area contributed by atoms with Gasteiger partial charge in [-0.2, -0.15) is 0 Å². The second-order valence-corrected chi connectivity index (χ2v) is 1.96. The van der Waals surface area contributed by atoms with Crippen LogP contribution in [0.1, 0.15) is 6.92 Å². The van der Waals surface area contributed by atoms with Gasteiger partial charge < -0.3 is 15.0 Å². The van der Waals surface area contributed by atoms with Gasteiger partial charge in [0, 0.05) is 0 Å². The lowest BCUT2D eigenvalue weighted by molar-refractivity contribution is -0.145. The topological polar surface area (TPSA) is 77.8 Å². The molecule has 4 nitrogen and oxygen atoms in total. The van der Waals surface area contributed by atoms with E-state index in [4.69, 9.17) is 15.0 Å². The Labute approximate surface area is 56.1 Å². The van der Waals surface area contributed by atoms with E-state index in [9.17, 15) is 4.79 Å². The molecule has 0 aromatic rings. The molecule has 56 valence electrons. The molecule has 0 spiro atoms. The highest BCUT2D eigenvalue weighted by molar-refractivity contribution is 6.22. The highest BCUT2D eigenvalue weighted by Crippen LogP contribution is 1.73. The Morgan fingerprint density at radius 1 is 1.67 bits per heavy atom. The largest absolute Gasteiger partial charge is 0.479 e. The van der Waals surface area contributed by atoms with Crippen molar-refractivity contribution >= 4 is 15.7 Å². The summed E-state index contributed by atoms with van der Waals surface area (Å²) >= 11 is 0. The van der Waals surface area contributed by atoms with Crippen LogP contribution in [0.4, 0.5) is 0 Å². The standard InChI is InChI=1S/C3H6O3.CH6OSi/c1-2(4)3(5)6;1-3-2/h2,4H,1H3,(H,5,6);2H,3H2,1H3. The molecule has 3 N–H and O–H groups in total. The van der Waals surface area contributed by atoms with Crippen LogP contribution in [0.25, 0.3) is 0 Å². The third kappa shape index (κ3) is 18.4. The summed E-state index contributed by atoms with van der Waals surface area (Å²) in [5.41, 5.74) is 0. The van der Waals surface area contributed by atoms with Crippen LogP contribution in [0.3, 0.4) is 0 Å². The van der Waals surface area contributed by atoms with Crippen LogP contribution in [0.2, 0.25) is 6.55 Å². The van der Waals surface area contributed by atoms with E-state index < -0.39 is 21.8 Å². The summed E-state index contributed by atoms with van der Waals surface area (Å²) in [6.07, 6.45) is -1.23. The monoisotopic (exact) mass is 152 g/mol. The van der Waals surface area contributed by atoms with Crippen LogP contribution in [0, 0.1) is 0 Å². The zero-order chi connectivity index (χ0) is 7.86. The van der Waals surface area contributed by atoms with Gasteiger partial charge in [-0.05, 0) is 6.92 Å². The van der Waals surface area contributed by atoms with Crippen LogP contribution < -0.4 is 0 Å². The molecule has 0 aliphatic carbocycles. The predicted octanol–water partition coefficient (Wildman–Crippen LogP) is -1.44. The lowest BCUT2D eigenvalue weighted by Crippen LogP contribution is -2.13. The molecule has 0 aromatic heterocycles. The predicted molar refractivity (Wildman–Crippen MR) is 35.9 cm³/mol. The molecule has 0 amide bonds. The van der Waals surface area contributed by atoms with Crippen LogP contribution in [-0.4, -0.2) is 36.8 Å². The van der Waals surface area contributed by atoms with Gasteiger partial charge in [-0.15, -0.1) is 0 Å². The summed E-state index contributed by atoms with van der Waals surface area (Å²) in [4.78, 5) is 17.2. The lowest BCUT2D eigenvalue weighted by atomic mass is 10.4. The summed E-state index contributed by atoms with van der Waals surface area (Å²) in [6, 6.07) is 0. The van der Waals surface area contributed by atoms with Crippen molar-refractivity contribution in [3.05, 3.63) is 0 Å². The Bertz CT molecular complexity index is 73.0. The fourth-order valence-electron chi connectivity index (χ4n) is 0. The molecule has 0 saturated heterocycles. The Kier molecular flexibility index (Phi) is 9.64. The van der Waals surface area contributed by atoms with E-state index in [1.54, 1.807) is 0 Å². The Morgan fingerprint density at radius 2 is 1.78 bits per heavy atom. The van der Waals surface area contributed by atoms with Crippen LogP contribution >= 0.6 is 0 Å². The number of aliphatic hydroxyl groups excluding tert-OH is 1. The van der Waals surface area contributed by atoms with E-state index in [1.165, 1.54) is 6.92 Å². The fourth-order valence-corrected chi connectivity index (χ4v) is 0. The summed E-state index contributed by atoms with van der Waals surface area (Å²) in [6.45, 7) is 3.02. The lowest BCUT2D eigenvalue weighted by Gasteiger charge is -1.89. The molecule has 5 heteroatoms. The number of aliphatic hydroxyl groups is 1. The van der Waals surface area contributed by atoms with E-state index in [1.807, 2.05) is 6.55 Å². The molecule has 0 bridgehead atoms.